The Balaban J connectivity index is 2.04. The summed E-state index contributed by atoms with van der Waals surface area (Å²) in [5, 5.41) is 6.86. The van der Waals surface area contributed by atoms with Crippen molar-refractivity contribution in [2.75, 3.05) is 19.4 Å². The van der Waals surface area contributed by atoms with Crippen molar-refractivity contribution in [1.29, 1.82) is 0 Å². The molecule has 1 aromatic carbocycles. The van der Waals surface area contributed by atoms with Gasteiger partial charge in [0.15, 0.2) is 0 Å². The van der Waals surface area contributed by atoms with E-state index in [1.165, 1.54) is 21.8 Å². The first-order valence-corrected chi connectivity index (χ1v) is 7.88. The van der Waals surface area contributed by atoms with Crippen LogP contribution in [0.2, 0.25) is 0 Å². The van der Waals surface area contributed by atoms with Gasteiger partial charge >= 0.3 is 0 Å². The van der Waals surface area contributed by atoms with E-state index in [2.05, 4.69) is 66.7 Å². The number of hydrogen-bond acceptors (Lipinski definition) is 4. The summed E-state index contributed by atoms with van der Waals surface area (Å²) in [7, 11) is 4.18. The molecule has 0 aliphatic rings. The molecule has 2 aromatic rings. The van der Waals surface area contributed by atoms with Crippen LogP contribution in [-0.4, -0.2) is 24.0 Å². The molecular formula is C16H23N3S. The van der Waals surface area contributed by atoms with Gasteiger partial charge in [0.05, 0.1) is 17.2 Å². The van der Waals surface area contributed by atoms with Crippen LogP contribution in [0.3, 0.4) is 0 Å². The van der Waals surface area contributed by atoms with Crippen LogP contribution in [0.25, 0.3) is 0 Å². The molecule has 0 amide bonds. The quantitative estimate of drug-likeness (QED) is 0.879. The summed E-state index contributed by atoms with van der Waals surface area (Å²) in [4.78, 5) is 6.78. The molecule has 0 bridgehead atoms. The van der Waals surface area contributed by atoms with Crippen molar-refractivity contribution in [3.63, 3.8) is 0 Å². The molecule has 0 atom stereocenters. The Hall–Kier alpha value is -1.39. The van der Waals surface area contributed by atoms with Crippen molar-refractivity contribution in [2.24, 2.45) is 0 Å². The van der Waals surface area contributed by atoms with Gasteiger partial charge < -0.3 is 10.2 Å². The number of hydrogen-bond donors (Lipinski definition) is 1. The van der Waals surface area contributed by atoms with Crippen LogP contribution >= 0.6 is 11.3 Å². The van der Waals surface area contributed by atoms with Crippen molar-refractivity contribution in [3.05, 3.63) is 45.4 Å². The lowest BCUT2D eigenvalue weighted by atomic mass is 10.1. The lowest BCUT2D eigenvalue weighted by Crippen LogP contribution is -2.11. The Bertz CT molecular complexity index is 561. The number of aryl methyl sites for hydroxylation is 2. The normalized spacial score (nSPS) is 11.1. The summed E-state index contributed by atoms with van der Waals surface area (Å²) in [6.45, 7) is 6.04. The number of anilines is 1. The Morgan fingerprint density at radius 1 is 1.30 bits per heavy atom. The van der Waals surface area contributed by atoms with E-state index < -0.39 is 0 Å². The van der Waals surface area contributed by atoms with Crippen molar-refractivity contribution in [1.82, 2.24) is 9.88 Å². The summed E-state index contributed by atoms with van der Waals surface area (Å²) in [5.74, 6) is 0. The van der Waals surface area contributed by atoms with Gasteiger partial charge in [-0.3, -0.25) is 0 Å². The average molecular weight is 289 g/mol. The zero-order valence-electron chi connectivity index (χ0n) is 12.7. The molecule has 0 aliphatic carbocycles. The largest absolute Gasteiger partial charge is 0.379 e. The predicted molar refractivity (Wildman–Crippen MR) is 87.4 cm³/mol. The third kappa shape index (κ3) is 4.05. The highest BCUT2D eigenvalue weighted by atomic mass is 32.1. The van der Waals surface area contributed by atoms with E-state index in [1.54, 1.807) is 11.3 Å². The Morgan fingerprint density at radius 2 is 2.10 bits per heavy atom. The molecule has 20 heavy (non-hydrogen) atoms. The lowest BCUT2D eigenvalue weighted by Gasteiger charge is -2.13. The average Bonchev–Trinajstić information content (AvgIpc) is 2.87. The van der Waals surface area contributed by atoms with Crippen LogP contribution in [0.15, 0.2) is 23.6 Å². The summed E-state index contributed by atoms with van der Waals surface area (Å²) in [6, 6.07) is 6.61. The summed E-state index contributed by atoms with van der Waals surface area (Å²) < 4.78 is 0. The molecule has 0 saturated carbocycles. The number of nitrogens with zero attached hydrogens (tertiary/aromatic N) is 2. The minimum Gasteiger partial charge on any atom is -0.379 e. The monoisotopic (exact) mass is 289 g/mol. The van der Waals surface area contributed by atoms with E-state index >= 15 is 0 Å². The van der Waals surface area contributed by atoms with Gasteiger partial charge in [0.25, 0.3) is 0 Å². The first-order valence-electron chi connectivity index (χ1n) is 7.00. The molecule has 0 aliphatic heterocycles. The van der Waals surface area contributed by atoms with Gasteiger partial charge in [0.2, 0.25) is 0 Å². The zero-order chi connectivity index (χ0) is 14.5. The van der Waals surface area contributed by atoms with Gasteiger partial charge in [-0.05, 0) is 44.6 Å². The molecule has 4 heteroatoms. The molecule has 0 fully saturated rings. The van der Waals surface area contributed by atoms with Gasteiger partial charge in [0.1, 0.15) is 0 Å². The van der Waals surface area contributed by atoms with Crippen LogP contribution in [0, 0.1) is 6.92 Å². The molecule has 2 rings (SSSR count). The maximum atomic E-state index is 4.59. The fourth-order valence-corrected chi connectivity index (χ4v) is 2.85. The van der Waals surface area contributed by atoms with Crippen LogP contribution in [0.5, 0.6) is 0 Å². The van der Waals surface area contributed by atoms with Crippen LogP contribution in [0.4, 0.5) is 5.69 Å². The van der Waals surface area contributed by atoms with E-state index in [9.17, 15) is 0 Å². The Morgan fingerprint density at radius 3 is 2.75 bits per heavy atom. The van der Waals surface area contributed by atoms with E-state index in [1.807, 2.05) is 0 Å². The maximum Gasteiger partial charge on any atom is 0.0926 e. The van der Waals surface area contributed by atoms with Gasteiger partial charge in [0, 0.05) is 17.6 Å². The van der Waals surface area contributed by atoms with Crippen molar-refractivity contribution in [3.8, 4) is 0 Å². The lowest BCUT2D eigenvalue weighted by molar-refractivity contribution is 0.402. The Labute approximate surface area is 125 Å². The number of aromatic nitrogens is 1. The van der Waals surface area contributed by atoms with Crippen molar-refractivity contribution >= 4 is 17.0 Å². The SMILES string of the molecule is CCc1nc(CNc2cc(CN(C)C)ccc2C)cs1. The minimum absolute atomic E-state index is 0.794. The number of thiazole rings is 1. The van der Waals surface area contributed by atoms with Gasteiger partial charge in [-0.2, -0.15) is 0 Å². The predicted octanol–water partition coefficient (Wildman–Crippen LogP) is 3.69. The van der Waals surface area contributed by atoms with Crippen molar-refractivity contribution < 1.29 is 0 Å². The first kappa shape index (κ1) is 15.0. The smallest absolute Gasteiger partial charge is 0.0926 e. The molecular weight excluding hydrogens is 266 g/mol. The second-order valence-electron chi connectivity index (χ2n) is 5.33. The fraction of sp³-hybridized carbons (Fsp3) is 0.438. The molecule has 1 aromatic heterocycles. The molecule has 1 heterocycles. The highest BCUT2D eigenvalue weighted by Gasteiger charge is 2.04. The van der Waals surface area contributed by atoms with E-state index in [0.29, 0.717) is 0 Å². The Kier molecular flexibility index (Phi) is 5.15. The third-order valence-electron chi connectivity index (χ3n) is 3.16. The van der Waals surface area contributed by atoms with Gasteiger partial charge in [-0.1, -0.05) is 19.1 Å². The third-order valence-corrected chi connectivity index (χ3v) is 4.20. The highest BCUT2D eigenvalue weighted by Crippen LogP contribution is 2.19. The minimum atomic E-state index is 0.794. The van der Waals surface area contributed by atoms with E-state index in [-0.39, 0.29) is 0 Å². The van der Waals surface area contributed by atoms with Gasteiger partial charge in [-0.25, -0.2) is 4.98 Å². The first-order chi connectivity index (χ1) is 9.58. The maximum absolute atomic E-state index is 4.59. The zero-order valence-corrected chi connectivity index (χ0v) is 13.5. The molecule has 3 nitrogen and oxygen atoms in total. The van der Waals surface area contributed by atoms with Crippen LogP contribution < -0.4 is 5.32 Å². The van der Waals surface area contributed by atoms with Crippen LogP contribution in [0.1, 0.15) is 28.8 Å². The molecule has 0 saturated heterocycles. The standard InChI is InChI=1S/C16H23N3S/c1-5-16-18-14(11-20-16)9-17-15-8-13(10-19(3)4)7-6-12(15)2/h6-8,11,17H,5,9-10H2,1-4H3. The fourth-order valence-electron chi connectivity index (χ4n) is 2.10. The van der Waals surface area contributed by atoms with E-state index in [4.69, 9.17) is 0 Å². The molecule has 1 N–H and O–H groups in total. The second-order valence-corrected chi connectivity index (χ2v) is 6.27. The van der Waals surface area contributed by atoms with Gasteiger partial charge in [-0.15, -0.1) is 11.3 Å². The van der Waals surface area contributed by atoms with Crippen LogP contribution in [-0.2, 0) is 19.5 Å². The number of nitrogens with one attached hydrogen (secondary N) is 1. The number of rotatable bonds is 6. The molecule has 108 valence electrons. The summed E-state index contributed by atoms with van der Waals surface area (Å²) in [5.41, 5.74) is 4.94. The summed E-state index contributed by atoms with van der Waals surface area (Å²) >= 11 is 1.74. The molecule has 0 spiro atoms. The summed E-state index contributed by atoms with van der Waals surface area (Å²) in [6.07, 6.45) is 1.02. The second kappa shape index (κ2) is 6.86. The van der Waals surface area contributed by atoms with Crippen molar-refractivity contribution in [2.45, 2.75) is 33.4 Å². The highest BCUT2D eigenvalue weighted by molar-refractivity contribution is 7.09. The molecule has 0 radical (unpaired) electrons. The van der Waals surface area contributed by atoms with E-state index in [0.717, 1.165) is 25.2 Å². The number of benzene rings is 1. The molecule has 0 unspecified atom stereocenters. The topological polar surface area (TPSA) is 28.2 Å².